The lowest BCUT2D eigenvalue weighted by Crippen LogP contribution is -2.25. The smallest absolute Gasteiger partial charge is 0.259 e. The van der Waals surface area contributed by atoms with Crippen LogP contribution in [0, 0.1) is 6.92 Å². The number of phenolic OH excluding ortho intramolecular Hbond substituents is 1. The number of hydrogen-bond donors (Lipinski definition) is 3. The van der Waals surface area contributed by atoms with Gasteiger partial charge in [0.1, 0.15) is 5.75 Å². The van der Waals surface area contributed by atoms with Crippen LogP contribution in [0.25, 0.3) is 0 Å². The van der Waals surface area contributed by atoms with Crippen LogP contribution in [-0.4, -0.2) is 23.8 Å². The molecule has 0 unspecified atom stereocenters. The van der Waals surface area contributed by atoms with Gasteiger partial charge < -0.3 is 10.4 Å². The van der Waals surface area contributed by atoms with Gasteiger partial charge in [-0.05, 0) is 52.7 Å². The molecule has 0 aliphatic rings. The molecule has 23 heavy (non-hydrogen) atoms. The van der Waals surface area contributed by atoms with Crippen molar-refractivity contribution < 1.29 is 9.90 Å². The molecule has 7 heteroatoms. The lowest BCUT2D eigenvalue weighted by atomic mass is 10.2. The van der Waals surface area contributed by atoms with Crippen LogP contribution in [0.5, 0.6) is 5.75 Å². The Balaban J connectivity index is 1.89. The second kappa shape index (κ2) is 8.12. The normalized spacial score (nSPS) is 10.7. The molecular weight excluding hydrogens is 426 g/mol. The van der Waals surface area contributed by atoms with Crippen LogP contribution in [0.3, 0.4) is 0 Å². The number of benzene rings is 2. The zero-order chi connectivity index (χ0) is 16.8. The Morgan fingerprint density at radius 3 is 2.83 bits per heavy atom. The molecule has 120 valence electrons. The van der Waals surface area contributed by atoms with Crippen LogP contribution in [-0.2, 0) is 4.79 Å². The predicted molar refractivity (Wildman–Crippen MR) is 98.9 cm³/mol. The maximum absolute atomic E-state index is 11.7. The van der Waals surface area contributed by atoms with Gasteiger partial charge in [0.25, 0.3) is 5.91 Å². The number of halogens is 2. The molecule has 0 aliphatic carbocycles. The first-order valence-electron chi connectivity index (χ1n) is 6.76. The Labute approximate surface area is 151 Å². The number of aromatic hydroxyl groups is 1. The quantitative estimate of drug-likeness (QED) is 0.489. The molecule has 2 aromatic carbocycles. The van der Waals surface area contributed by atoms with E-state index >= 15 is 0 Å². The van der Waals surface area contributed by atoms with Crippen molar-refractivity contribution >= 4 is 49.7 Å². The minimum atomic E-state index is -0.281. The zero-order valence-corrected chi connectivity index (χ0v) is 15.5. The van der Waals surface area contributed by atoms with Gasteiger partial charge >= 0.3 is 0 Å². The van der Waals surface area contributed by atoms with Crippen LogP contribution >= 0.6 is 31.9 Å². The molecule has 5 nitrogen and oxygen atoms in total. The molecule has 0 atom stereocenters. The van der Waals surface area contributed by atoms with Gasteiger partial charge in [0.2, 0.25) is 0 Å². The number of aryl methyl sites for hydroxylation is 1. The summed E-state index contributed by atoms with van der Waals surface area (Å²) in [6.07, 6.45) is 1.38. The van der Waals surface area contributed by atoms with E-state index in [1.165, 1.54) is 6.21 Å². The van der Waals surface area contributed by atoms with Crippen molar-refractivity contribution in [2.24, 2.45) is 5.10 Å². The van der Waals surface area contributed by atoms with E-state index in [0.29, 0.717) is 10.0 Å². The highest BCUT2D eigenvalue weighted by atomic mass is 79.9. The first kappa shape index (κ1) is 17.5. The summed E-state index contributed by atoms with van der Waals surface area (Å²) in [4.78, 5) is 11.7. The SMILES string of the molecule is Cc1cccc(NCC(=O)NN=Cc2cc(Br)cc(Br)c2O)c1. The fraction of sp³-hybridized carbons (Fsp3) is 0.125. The number of anilines is 1. The van der Waals surface area contributed by atoms with E-state index in [9.17, 15) is 9.90 Å². The molecular formula is C16H15Br2N3O2. The van der Waals surface area contributed by atoms with Crippen molar-refractivity contribution in [3.05, 3.63) is 56.5 Å². The number of amides is 1. The van der Waals surface area contributed by atoms with E-state index in [-0.39, 0.29) is 18.2 Å². The van der Waals surface area contributed by atoms with Crippen LogP contribution in [0.1, 0.15) is 11.1 Å². The van der Waals surface area contributed by atoms with Gasteiger partial charge in [-0.1, -0.05) is 28.1 Å². The van der Waals surface area contributed by atoms with E-state index in [2.05, 4.69) is 47.7 Å². The van der Waals surface area contributed by atoms with Gasteiger partial charge in [0.15, 0.2) is 0 Å². The predicted octanol–water partition coefficient (Wildman–Crippen LogP) is 3.79. The average molecular weight is 441 g/mol. The van der Waals surface area contributed by atoms with Gasteiger partial charge in [-0.2, -0.15) is 5.10 Å². The van der Waals surface area contributed by atoms with Crippen molar-refractivity contribution in [1.29, 1.82) is 0 Å². The maximum Gasteiger partial charge on any atom is 0.259 e. The first-order valence-corrected chi connectivity index (χ1v) is 8.35. The lowest BCUT2D eigenvalue weighted by molar-refractivity contribution is -0.119. The molecule has 0 aliphatic heterocycles. The topological polar surface area (TPSA) is 73.7 Å². The second-order valence-corrected chi connectivity index (χ2v) is 6.61. The number of phenols is 1. The Hall–Kier alpha value is -1.86. The van der Waals surface area contributed by atoms with Crippen LogP contribution in [0.4, 0.5) is 5.69 Å². The first-order chi connectivity index (χ1) is 11.0. The molecule has 0 spiro atoms. The van der Waals surface area contributed by atoms with Crippen molar-refractivity contribution in [2.75, 3.05) is 11.9 Å². The maximum atomic E-state index is 11.7. The summed E-state index contributed by atoms with van der Waals surface area (Å²) in [5, 5.41) is 16.7. The number of hydrazone groups is 1. The van der Waals surface area contributed by atoms with Crippen LogP contribution in [0.2, 0.25) is 0 Å². The second-order valence-electron chi connectivity index (χ2n) is 4.84. The number of rotatable bonds is 5. The van der Waals surface area contributed by atoms with Gasteiger partial charge in [-0.3, -0.25) is 4.79 Å². The monoisotopic (exact) mass is 439 g/mol. The molecule has 0 saturated heterocycles. The van der Waals surface area contributed by atoms with E-state index in [1.807, 2.05) is 31.2 Å². The highest BCUT2D eigenvalue weighted by molar-refractivity contribution is 9.11. The van der Waals surface area contributed by atoms with E-state index in [0.717, 1.165) is 15.7 Å². The number of carbonyl (C=O) groups excluding carboxylic acids is 1. The summed E-state index contributed by atoms with van der Waals surface area (Å²) in [5.41, 5.74) is 4.88. The molecule has 0 saturated carbocycles. The van der Waals surface area contributed by atoms with Gasteiger partial charge in [-0.25, -0.2) is 5.43 Å². The van der Waals surface area contributed by atoms with E-state index < -0.39 is 0 Å². The number of nitrogens with zero attached hydrogens (tertiary/aromatic N) is 1. The molecule has 0 bridgehead atoms. The minimum Gasteiger partial charge on any atom is -0.506 e. The third-order valence-electron chi connectivity index (χ3n) is 2.92. The van der Waals surface area contributed by atoms with Crippen molar-refractivity contribution in [3.8, 4) is 5.75 Å². The molecule has 1 amide bonds. The summed E-state index contributed by atoms with van der Waals surface area (Å²) in [6, 6.07) is 11.2. The Bertz CT molecular complexity index is 748. The Morgan fingerprint density at radius 2 is 2.09 bits per heavy atom. The summed E-state index contributed by atoms with van der Waals surface area (Å²) in [6.45, 7) is 2.09. The number of carbonyl (C=O) groups is 1. The Morgan fingerprint density at radius 1 is 1.30 bits per heavy atom. The lowest BCUT2D eigenvalue weighted by Gasteiger charge is -2.06. The molecule has 0 heterocycles. The molecule has 2 rings (SSSR count). The zero-order valence-electron chi connectivity index (χ0n) is 12.3. The fourth-order valence-electron chi connectivity index (χ4n) is 1.84. The van der Waals surface area contributed by atoms with Crippen molar-refractivity contribution in [1.82, 2.24) is 5.43 Å². The molecule has 0 fully saturated rings. The largest absolute Gasteiger partial charge is 0.506 e. The van der Waals surface area contributed by atoms with Crippen LogP contribution in [0.15, 0.2) is 50.4 Å². The summed E-state index contributed by atoms with van der Waals surface area (Å²) >= 11 is 6.56. The standard InChI is InChI=1S/C16H15Br2N3O2/c1-10-3-2-4-13(5-10)19-9-15(22)21-20-8-11-6-12(17)7-14(18)16(11)23/h2-8,19,23H,9H2,1H3,(H,21,22). The van der Waals surface area contributed by atoms with E-state index in [1.54, 1.807) is 12.1 Å². The summed E-state index contributed by atoms with van der Waals surface area (Å²) < 4.78 is 1.33. The summed E-state index contributed by atoms with van der Waals surface area (Å²) in [5.74, 6) is -0.222. The van der Waals surface area contributed by atoms with Crippen molar-refractivity contribution in [2.45, 2.75) is 6.92 Å². The van der Waals surface area contributed by atoms with Crippen LogP contribution < -0.4 is 10.7 Å². The number of hydrogen-bond acceptors (Lipinski definition) is 4. The van der Waals surface area contributed by atoms with Gasteiger partial charge in [0.05, 0.1) is 17.2 Å². The van der Waals surface area contributed by atoms with Gasteiger partial charge in [0, 0.05) is 15.7 Å². The molecule has 3 N–H and O–H groups in total. The summed E-state index contributed by atoms with van der Waals surface area (Å²) in [7, 11) is 0. The Kier molecular flexibility index (Phi) is 6.18. The minimum absolute atomic E-state index is 0.0593. The highest BCUT2D eigenvalue weighted by Gasteiger charge is 2.05. The highest BCUT2D eigenvalue weighted by Crippen LogP contribution is 2.30. The third kappa shape index (κ3) is 5.37. The van der Waals surface area contributed by atoms with Gasteiger partial charge in [-0.15, -0.1) is 0 Å². The fourth-order valence-corrected chi connectivity index (χ4v) is 3.09. The molecule has 0 radical (unpaired) electrons. The number of nitrogens with one attached hydrogen (secondary N) is 2. The molecule has 0 aromatic heterocycles. The molecule has 2 aromatic rings. The van der Waals surface area contributed by atoms with E-state index in [4.69, 9.17) is 0 Å². The van der Waals surface area contributed by atoms with Crippen molar-refractivity contribution in [3.63, 3.8) is 0 Å². The average Bonchev–Trinajstić information content (AvgIpc) is 2.50. The third-order valence-corrected chi connectivity index (χ3v) is 3.98.